The maximum Gasteiger partial charge on any atom is 0.0491 e. The van der Waals surface area contributed by atoms with Crippen LogP contribution < -0.4 is 0 Å². The Labute approximate surface area is 136 Å². The number of hydrogen-bond donors (Lipinski definition) is 0. The van der Waals surface area contributed by atoms with Gasteiger partial charge in [-0.2, -0.15) is 0 Å². The van der Waals surface area contributed by atoms with Gasteiger partial charge in [0.15, 0.2) is 0 Å². The van der Waals surface area contributed by atoms with Gasteiger partial charge >= 0.3 is 0 Å². The minimum atomic E-state index is 0.686. The molecule has 0 spiro atoms. The van der Waals surface area contributed by atoms with E-state index in [0.717, 1.165) is 37.3 Å². The number of hydrogen-bond acceptors (Lipinski definition) is 0. The van der Waals surface area contributed by atoms with Crippen LogP contribution in [0.1, 0.15) is 0 Å². The second-order valence-electron chi connectivity index (χ2n) is 5.02. The highest BCUT2D eigenvalue weighted by Crippen LogP contribution is 2.40. The van der Waals surface area contributed by atoms with Crippen LogP contribution in [-0.4, -0.2) is 0 Å². The Bertz CT molecular complexity index is 1020. The standard InChI is InChI=1S/C18H9Cl3/c19-15-7-3-6-12-17(21)8-13-10-4-1-2-5-11(10)16(20)9-14(13)18(12)15/h1-9H. The van der Waals surface area contributed by atoms with Crippen LogP contribution in [-0.2, 0) is 0 Å². The Hall–Kier alpha value is -1.47. The van der Waals surface area contributed by atoms with Gasteiger partial charge in [-0.3, -0.25) is 0 Å². The van der Waals surface area contributed by atoms with Gasteiger partial charge in [0.2, 0.25) is 0 Å². The molecule has 0 saturated carbocycles. The average molecular weight is 332 g/mol. The molecule has 21 heavy (non-hydrogen) atoms. The van der Waals surface area contributed by atoms with Crippen LogP contribution in [0.4, 0.5) is 0 Å². The molecule has 4 aromatic carbocycles. The van der Waals surface area contributed by atoms with E-state index in [1.807, 2.05) is 48.5 Å². The summed E-state index contributed by atoms with van der Waals surface area (Å²) in [5, 5.41) is 8.22. The number of rotatable bonds is 0. The zero-order valence-corrected chi connectivity index (χ0v) is 13.1. The topological polar surface area (TPSA) is 0 Å². The number of fused-ring (bicyclic) bond motifs is 5. The summed E-state index contributed by atoms with van der Waals surface area (Å²) in [6.07, 6.45) is 0. The van der Waals surface area contributed by atoms with E-state index >= 15 is 0 Å². The molecule has 0 N–H and O–H groups in total. The van der Waals surface area contributed by atoms with Gasteiger partial charge in [-0.1, -0.05) is 71.2 Å². The molecule has 0 saturated heterocycles. The fourth-order valence-corrected chi connectivity index (χ4v) is 3.73. The molecule has 0 aliphatic heterocycles. The van der Waals surface area contributed by atoms with Crippen molar-refractivity contribution in [3.05, 3.63) is 69.7 Å². The molecule has 0 amide bonds. The fraction of sp³-hybridized carbons (Fsp3) is 0. The van der Waals surface area contributed by atoms with Crippen molar-refractivity contribution in [2.75, 3.05) is 0 Å². The third-order valence-electron chi connectivity index (χ3n) is 3.85. The molecule has 0 fully saturated rings. The summed E-state index contributed by atoms with van der Waals surface area (Å²) in [4.78, 5) is 0. The minimum Gasteiger partial charge on any atom is -0.0836 e. The maximum absolute atomic E-state index is 6.46. The van der Waals surface area contributed by atoms with E-state index < -0.39 is 0 Å². The smallest absolute Gasteiger partial charge is 0.0491 e. The summed E-state index contributed by atoms with van der Waals surface area (Å²) in [7, 11) is 0. The van der Waals surface area contributed by atoms with E-state index in [4.69, 9.17) is 34.8 Å². The van der Waals surface area contributed by atoms with Crippen LogP contribution >= 0.6 is 34.8 Å². The zero-order chi connectivity index (χ0) is 14.6. The maximum atomic E-state index is 6.46. The van der Waals surface area contributed by atoms with Crippen molar-refractivity contribution in [2.45, 2.75) is 0 Å². The molecule has 0 aromatic heterocycles. The first-order valence-electron chi connectivity index (χ1n) is 6.54. The van der Waals surface area contributed by atoms with Gasteiger partial charge in [0.05, 0.1) is 0 Å². The van der Waals surface area contributed by atoms with Gasteiger partial charge in [0, 0.05) is 31.2 Å². The molecular formula is C18H9Cl3. The Kier molecular flexibility index (Phi) is 3.00. The SMILES string of the molecule is Clc1cc2c(cc(Cl)c3cccc(Cl)c32)c2ccccc12. The number of halogens is 3. The van der Waals surface area contributed by atoms with Crippen molar-refractivity contribution in [3.63, 3.8) is 0 Å². The molecule has 0 heterocycles. The third kappa shape index (κ3) is 1.91. The lowest BCUT2D eigenvalue weighted by Gasteiger charge is -2.11. The minimum absolute atomic E-state index is 0.686. The highest BCUT2D eigenvalue weighted by atomic mass is 35.5. The van der Waals surface area contributed by atoms with Gasteiger partial charge in [-0.25, -0.2) is 0 Å². The largest absolute Gasteiger partial charge is 0.0836 e. The van der Waals surface area contributed by atoms with Crippen LogP contribution in [0.25, 0.3) is 32.3 Å². The summed E-state index contributed by atoms with van der Waals surface area (Å²) < 4.78 is 0. The van der Waals surface area contributed by atoms with E-state index in [1.54, 1.807) is 0 Å². The van der Waals surface area contributed by atoms with Crippen molar-refractivity contribution >= 4 is 67.1 Å². The lowest BCUT2D eigenvalue weighted by molar-refractivity contribution is 1.77. The predicted octanol–water partition coefficient (Wildman–Crippen LogP) is 7.11. The highest BCUT2D eigenvalue weighted by Gasteiger charge is 2.12. The van der Waals surface area contributed by atoms with Gasteiger partial charge in [-0.15, -0.1) is 0 Å². The highest BCUT2D eigenvalue weighted by molar-refractivity contribution is 6.45. The first-order valence-corrected chi connectivity index (χ1v) is 7.68. The average Bonchev–Trinajstić information content (AvgIpc) is 2.49. The van der Waals surface area contributed by atoms with E-state index in [2.05, 4.69) is 6.07 Å². The monoisotopic (exact) mass is 330 g/mol. The zero-order valence-electron chi connectivity index (χ0n) is 10.8. The molecule has 0 nitrogen and oxygen atoms in total. The van der Waals surface area contributed by atoms with Crippen LogP contribution in [0.15, 0.2) is 54.6 Å². The van der Waals surface area contributed by atoms with Crippen LogP contribution in [0.5, 0.6) is 0 Å². The summed E-state index contributed by atoms with van der Waals surface area (Å²) in [6.45, 7) is 0. The quantitative estimate of drug-likeness (QED) is 0.301. The molecule has 0 aliphatic carbocycles. The first-order chi connectivity index (χ1) is 10.2. The van der Waals surface area contributed by atoms with Crippen molar-refractivity contribution in [2.24, 2.45) is 0 Å². The molecule has 0 atom stereocenters. The fourth-order valence-electron chi connectivity index (χ4n) is 2.92. The molecule has 4 aromatic rings. The van der Waals surface area contributed by atoms with Crippen molar-refractivity contribution < 1.29 is 0 Å². The summed E-state index contributed by atoms with van der Waals surface area (Å²) in [5.74, 6) is 0. The van der Waals surface area contributed by atoms with Crippen molar-refractivity contribution in [1.82, 2.24) is 0 Å². The van der Waals surface area contributed by atoms with Gasteiger partial charge in [0.25, 0.3) is 0 Å². The molecule has 4 rings (SSSR count). The van der Waals surface area contributed by atoms with E-state index in [0.29, 0.717) is 10.0 Å². The van der Waals surface area contributed by atoms with Crippen LogP contribution in [0.2, 0.25) is 15.1 Å². The molecule has 0 bridgehead atoms. The molecule has 0 radical (unpaired) electrons. The van der Waals surface area contributed by atoms with Crippen molar-refractivity contribution in [1.29, 1.82) is 0 Å². The summed E-state index contributed by atoms with van der Waals surface area (Å²) in [5.41, 5.74) is 0. The molecular weight excluding hydrogens is 323 g/mol. The van der Waals surface area contributed by atoms with E-state index in [9.17, 15) is 0 Å². The molecule has 102 valence electrons. The molecule has 0 aliphatic rings. The second kappa shape index (κ2) is 4.78. The predicted molar refractivity (Wildman–Crippen MR) is 94.0 cm³/mol. The lowest BCUT2D eigenvalue weighted by atomic mass is 9.97. The summed E-state index contributed by atoms with van der Waals surface area (Å²) >= 11 is 19.3. The van der Waals surface area contributed by atoms with Gasteiger partial charge in [-0.05, 0) is 34.4 Å². The molecule has 0 unspecified atom stereocenters. The summed E-state index contributed by atoms with van der Waals surface area (Å²) in [6, 6.07) is 17.8. The normalized spacial score (nSPS) is 11.6. The van der Waals surface area contributed by atoms with Gasteiger partial charge in [0.1, 0.15) is 0 Å². The Balaban J connectivity index is 2.39. The second-order valence-corrected chi connectivity index (χ2v) is 6.24. The Morgan fingerprint density at radius 1 is 0.476 bits per heavy atom. The first kappa shape index (κ1) is 13.2. The van der Waals surface area contributed by atoms with E-state index in [-0.39, 0.29) is 0 Å². The van der Waals surface area contributed by atoms with Crippen molar-refractivity contribution in [3.8, 4) is 0 Å². The van der Waals surface area contributed by atoms with Gasteiger partial charge < -0.3 is 0 Å². The van der Waals surface area contributed by atoms with Crippen LogP contribution in [0, 0.1) is 0 Å². The van der Waals surface area contributed by atoms with E-state index in [1.165, 1.54) is 0 Å². The Morgan fingerprint density at radius 3 is 1.90 bits per heavy atom. The third-order valence-corrected chi connectivity index (χ3v) is 4.79. The van der Waals surface area contributed by atoms with Crippen LogP contribution in [0.3, 0.4) is 0 Å². The lowest BCUT2D eigenvalue weighted by Crippen LogP contribution is -1.84. The Morgan fingerprint density at radius 2 is 1.10 bits per heavy atom. The number of benzene rings is 4. The molecule has 3 heteroatoms.